The van der Waals surface area contributed by atoms with Crippen LogP contribution in [0.4, 0.5) is 0 Å². The van der Waals surface area contributed by atoms with Crippen molar-refractivity contribution in [1.29, 1.82) is 0 Å². The van der Waals surface area contributed by atoms with Gasteiger partial charge in [-0.3, -0.25) is 4.79 Å². The number of carbonyl (C=O) groups is 1. The van der Waals surface area contributed by atoms with Crippen LogP contribution in [0.3, 0.4) is 0 Å². The lowest BCUT2D eigenvalue weighted by molar-refractivity contribution is 0.0738. The van der Waals surface area contributed by atoms with E-state index in [-0.39, 0.29) is 17.7 Å². The van der Waals surface area contributed by atoms with Crippen LogP contribution < -0.4 is 0 Å². The molecule has 0 N–H and O–H groups in total. The number of rotatable bonds is 4. The lowest BCUT2D eigenvalue weighted by atomic mass is 10.1. The van der Waals surface area contributed by atoms with Crippen molar-refractivity contribution in [3.63, 3.8) is 0 Å². The fourth-order valence-electron chi connectivity index (χ4n) is 3.00. The van der Waals surface area contributed by atoms with E-state index in [2.05, 4.69) is 6.07 Å². The van der Waals surface area contributed by atoms with Crippen LogP contribution in [0.15, 0.2) is 41.8 Å². The lowest BCUT2D eigenvalue weighted by Crippen LogP contribution is -2.30. The highest BCUT2D eigenvalue weighted by Gasteiger charge is 2.31. The van der Waals surface area contributed by atoms with Crippen LogP contribution in [0.25, 0.3) is 0 Å². The van der Waals surface area contributed by atoms with Gasteiger partial charge in [-0.2, -0.15) is 0 Å². The molecule has 1 atom stereocenters. The summed E-state index contributed by atoms with van der Waals surface area (Å²) in [4.78, 5) is 15.9. The number of carbonyl (C=O) groups excluding carboxylic acids is 1. The van der Waals surface area contributed by atoms with Crippen LogP contribution in [-0.4, -0.2) is 32.0 Å². The smallest absolute Gasteiger partial charge is 0.254 e. The first-order chi connectivity index (χ1) is 10.9. The van der Waals surface area contributed by atoms with Gasteiger partial charge in [-0.1, -0.05) is 18.2 Å². The van der Waals surface area contributed by atoms with Gasteiger partial charge in [0.1, 0.15) is 0 Å². The molecule has 3 rings (SSSR count). The van der Waals surface area contributed by atoms with E-state index in [1.807, 2.05) is 16.3 Å². The molecule has 1 aromatic heterocycles. The van der Waals surface area contributed by atoms with Gasteiger partial charge in [-0.15, -0.1) is 11.3 Å². The van der Waals surface area contributed by atoms with Crippen molar-refractivity contribution < 1.29 is 13.2 Å². The van der Waals surface area contributed by atoms with Crippen LogP contribution in [-0.2, 0) is 15.6 Å². The van der Waals surface area contributed by atoms with Crippen molar-refractivity contribution in [3.05, 3.63) is 57.8 Å². The van der Waals surface area contributed by atoms with Crippen LogP contribution in [0.2, 0.25) is 0 Å². The summed E-state index contributed by atoms with van der Waals surface area (Å²) in [6.07, 6.45) is 3.22. The van der Waals surface area contributed by atoms with Crippen LogP contribution in [0.5, 0.6) is 0 Å². The first kappa shape index (κ1) is 16.2. The van der Waals surface area contributed by atoms with Crippen LogP contribution >= 0.6 is 11.3 Å². The van der Waals surface area contributed by atoms with Gasteiger partial charge < -0.3 is 4.90 Å². The number of nitrogens with zero attached hydrogens (tertiary/aromatic N) is 1. The standard InChI is InChI=1S/C17H19NO3S2/c1-23(20,21)12-13-6-8-14(9-7-13)17(19)18-10-2-4-15(18)16-5-3-11-22-16/h3,5-9,11,15H,2,4,10,12H2,1H3/t15-/m0/s1. The Morgan fingerprint density at radius 2 is 2.00 bits per heavy atom. The maximum Gasteiger partial charge on any atom is 0.254 e. The predicted molar refractivity (Wildman–Crippen MR) is 92.3 cm³/mol. The highest BCUT2D eigenvalue weighted by atomic mass is 32.2. The van der Waals surface area contributed by atoms with Gasteiger partial charge in [0.25, 0.3) is 5.91 Å². The summed E-state index contributed by atoms with van der Waals surface area (Å²) in [5.41, 5.74) is 1.32. The third-order valence-corrected chi connectivity index (χ3v) is 5.85. The van der Waals surface area contributed by atoms with Gasteiger partial charge in [0.05, 0.1) is 11.8 Å². The highest BCUT2D eigenvalue weighted by molar-refractivity contribution is 7.89. The number of thiophene rings is 1. The molecule has 122 valence electrons. The molecular weight excluding hydrogens is 330 g/mol. The second-order valence-corrected chi connectivity index (χ2v) is 9.06. The number of hydrogen-bond acceptors (Lipinski definition) is 4. The zero-order valence-corrected chi connectivity index (χ0v) is 14.6. The Bertz CT molecular complexity index is 780. The summed E-state index contributed by atoms with van der Waals surface area (Å²) in [5, 5.41) is 2.04. The third-order valence-electron chi connectivity index (χ3n) is 4.02. The molecule has 0 saturated carbocycles. The van der Waals surface area contributed by atoms with E-state index in [9.17, 15) is 13.2 Å². The molecule has 0 bridgehead atoms. The zero-order chi connectivity index (χ0) is 16.4. The van der Waals surface area contributed by atoms with Crippen molar-refractivity contribution in [2.45, 2.75) is 24.6 Å². The van der Waals surface area contributed by atoms with Gasteiger partial charge in [0, 0.05) is 23.2 Å². The van der Waals surface area contributed by atoms with Crippen molar-refractivity contribution in [3.8, 4) is 0 Å². The molecular formula is C17H19NO3S2. The topological polar surface area (TPSA) is 54.5 Å². The maximum atomic E-state index is 12.8. The number of likely N-dealkylation sites (tertiary alicyclic amines) is 1. The monoisotopic (exact) mass is 349 g/mol. The molecule has 1 saturated heterocycles. The lowest BCUT2D eigenvalue weighted by Gasteiger charge is -2.24. The predicted octanol–water partition coefficient (Wildman–Crippen LogP) is 3.27. The summed E-state index contributed by atoms with van der Waals surface area (Å²) in [6.45, 7) is 0.770. The Hall–Kier alpha value is -1.66. The maximum absolute atomic E-state index is 12.8. The SMILES string of the molecule is CS(=O)(=O)Cc1ccc(C(=O)N2CCC[C@H]2c2cccs2)cc1. The molecule has 6 heteroatoms. The fraction of sp³-hybridized carbons (Fsp3) is 0.353. The van der Waals surface area contributed by atoms with Gasteiger partial charge in [0.2, 0.25) is 0 Å². The third kappa shape index (κ3) is 3.82. The molecule has 1 aromatic carbocycles. The summed E-state index contributed by atoms with van der Waals surface area (Å²) >= 11 is 1.68. The van der Waals surface area contributed by atoms with E-state index in [1.165, 1.54) is 11.1 Å². The van der Waals surface area contributed by atoms with Gasteiger partial charge in [0.15, 0.2) is 9.84 Å². The van der Waals surface area contributed by atoms with Crippen LogP contribution in [0, 0.1) is 0 Å². The molecule has 0 unspecified atom stereocenters. The Morgan fingerprint density at radius 3 is 2.61 bits per heavy atom. The van der Waals surface area contributed by atoms with Gasteiger partial charge >= 0.3 is 0 Å². The Labute approximate surface area is 140 Å². The van der Waals surface area contributed by atoms with Crippen molar-refractivity contribution in [2.24, 2.45) is 0 Å². The zero-order valence-electron chi connectivity index (χ0n) is 12.9. The quantitative estimate of drug-likeness (QED) is 0.851. The molecule has 0 spiro atoms. The van der Waals surface area contributed by atoms with E-state index in [0.29, 0.717) is 11.1 Å². The fourth-order valence-corrected chi connectivity index (χ4v) is 4.67. The Balaban J connectivity index is 1.77. The molecule has 1 amide bonds. The normalized spacial score (nSPS) is 18.3. The van der Waals surface area contributed by atoms with Gasteiger partial charge in [-0.25, -0.2) is 8.42 Å². The van der Waals surface area contributed by atoms with E-state index >= 15 is 0 Å². The molecule has 0 radical (unpaired) electrons. The minimum absolute atomic E-state index is 0.00298. The van der Waals surface area contributed by atoms with E-state index in [0.717, 1.165) is 19.4 Å². The average Bonchev–Trinajstić information content (AvgIpc) is 3.16. The largest absolute Gasteiger partial charge is 0.331 e. The van der Waals surface area contributed by atoms with Crippen LogP contribution in [0.1, 0.15) is 39.7 Å². The minimum atomic E-state index is -3.06. The van der Waals surface area contributed by atoms with Crippen molar-refractivity contribution in [1.82, 2.24) is 4.90 Å². The summed E-state index contributed by atoms with van der Waals surface area (Å²) in [7, 11) is -3.06. The first-order valence-electron chi connectivity index (χ1n) is 7.55. The van der Waals surface area contributed by atoms with E-state index < -0.39 is 9.84 Å². The molecule has 1 fully saturated rings. The van der Waals surface area contributed by atoms with E-state index in [1.54, 1.807) is 35.6 Å². The van der Waals surface area contributed by atoms with Crippen molar-refractivity contribution >= 4 is 27.1 Å². The molecule has 4 nitrogen and oxygen atoms in total. The number of benzene rings is 1. The average molecular weight is 349 g/mol. The van der Waals surface area contributed by atoms with Crippen molar-refractivity contribution in [2.75, 3.05) is 12.8 Å². The minimum Gasteiger partial charge on any atom is -0.331 e. The molecule has 1 aliphatic rings. The Kier molecular flexibility index (Phi) is 4.55. The summed E-state index contributed by atoms with van der Waals surface area (Å²) in [6, 6.07) is 11.2. The molecule has 2 heterocycles. The molecule has 0 aliphatic carbocycles. The summed E-state index contributed by atoms with van der Waals surface area (Å²) in [5.74, 6) is 0.0232. The molecule has 1 aliphatic heterocycles. The number of sulfone groups is 1. The first-order valence-corrected chi connectivity index (χ1v) is 10.5. The van der Waals surface area contributed by atoms with E-state index in [4.69, 9.17) is 0 Å². The Morgan fingerprint density at radius 1 is 1.26 bits per heavy atom. The highest BCUT2D eigenvalue weighted by Crippen LogP contribution is 2.35. The number of hydrogen-bond donors (Lipinski definition) is 0. The second-order valence-electron chi connectivity index (χ2n) is 5.94. The molecule has 2 aromatic rings. The summed E-state index contributed by atoms with van der Waals surface area (Å²) < 4.78 is 22.7. The number of amides is 1. The molecule has 23 heavy (non-hydrogen) atoms. The second kappa shape index (κ2) is 6.45. The van der Waals surface area contributed by atoms with Gasteiger partial charge in [-0.05, 0) is 42.0 Å².